The molecule has 0 aliphatic heterocycles. The van der Waals surface area contributed by atoms with Crippen molar-refractivity contribution in [2.45, 2.75) is 26.9 Å². The van der Waals surface area contributed by atoms with Crippen LogP contribution in [0.5, 0.6) is 0 Å². The van der Waals surface area contributed by atoms with Crippen molar-refractivity contribution in [2.75, 3.05) is 19.0 Å². The Bertz CT molecular complexity index is 748. The largest absolute Gasteiger partial charge is 0.453 e. The first-order valence-corrected chi connectivity index (χ1v) is 8.63. The molecule has 0 heterocycles. The number of hydrogen-bond donors (Lipinski definition) is 3. The molecule has 0 saturated carbocycles. The number of halogens is 1. The van der Waals surface area contributed by atoms with Crippen LogP contribution in [0.25, 0.3) is 0 Å². The Balaban J connectivity index is 0.00000364. The molecule has 2 aromatic carbocycles. The fourth-order valence-corrected chi connectivity index (χ4v) is 2.36. The average Bonchev–Trinajstić information content (AvgIpc) is 2.66. The predicted molar refractivity (Wildman–Crippen MR) is 121 cm³/mol. The van der Waals surface area contributed by atoms with Gasteiger partial charge in [-0.15, -0.1) is 24.0 Å². The lowest BCUT2D eigenvalue weighted by Crippen LogP contribution is -2.36. The quantitative estimate of drug-likeness (QED) is 0.330. The second kappa shape index (κ2) is 12.2. The van der Waals surface area contributed by atoms with Crippen LogP contribution in [0.3, 0.4) is 0 Å². The summed E-state index contributed by atoms with van der Waals surface area (Å²) >= 11 is 0. The lowest BCUT2D eigenvalue weighted by molar-refractivity contribution is 0.187. The summed E-state index contributed by atoms with van der Waals surface area (Å²) in [6.45, 7) is 6.20. The smallest absolute Gasteiger partial charge is 0.411 e. The first-order chi connectivity index (χ1) is 12.6. The van der Waals surface area contributed by atoms with Crippen LogP contribution in [0.15, 0.2) is 53.5 Å². The number of benzene rings is 2. The van der Waals surface area contributed by atoms with Crippen molar-refractivity contribution in [1.82, 2.24) is 10.6 Å². The van der Waals surface area contributed by atoms with Crippen LogP contribution in [0.4, 0.5) is 10.5 Å². The summed E-state index contributed by atoms with van der Waals surface area (Å²) in [7, 11) is 1.34. The molecule has 146 valence electrons. The standard InChI is InChI=1S/C20H26N4O2.HI/c1-4-21-19(23-14-17-8-6-5-7-15(17)2)22-13-16-9-11-18(12-10-16)24-20(25)26-3;/h5-12H,4,13-14H2,1-3H3,(H,24,25)(H2,21,22,23);1H. The van der Waals surface area contributed by atoms with Gasteiger partial charge in [0.15, 0.2) is 5.96 Å². The van der Waals surface area contributed by atoms with E-state index in [1.165, 1.54) is 18.2 Å². The van der Waals surface area contributed by atoms with Crippen molar-refractivity contribution in [3.8, 4) is 0 Å². The minimum absolute atomic E-state index is 0. The van der Waals surface area contributed by atoms with Crippen molar-refractivity contribution >= 4 is 41.7 Å². The summed E-state index contributed by atoms with van der Waals surface area (Å²) in [6.07, 6.45) is -0.481. The van der Waals surface area contributed by atoms with Gasteiger partial charge in [0, 0.05) is 18.8 Å². The van der Waals surface area contributed by atoms with Gasteiger partial charge in [0.05, 0.1) is 13.7 Å². The van der Waals surface area contributed by atoms with Crippen molar-refractivity contribution in [2.24, 2.45) is 4.99 Å². The lowest BCUT2D eigenvalue weighted by Gasteiger charge is -2.13. The first kappa shape index (κ1) is 22.8. The van der Waals surface area contributed by atoms with Crippen molar-refractivity contribution in [3.63, 3.8) is 0 Å². The molecule has 0 aliphatic carbocycles. The third-order valence-corrected chi connectivity index (χ3v) is 3.86. The molecule has 0 bridgehead atoms. The van der Waals surface area contributed by atoms with Crippen molar-refractivity contribution in [3.05, 3.63) is 65.2 Å². The Morgan fingerprint density at radius 3 is 2.41 bits per heavy atom. The zero-order valence-electron chi connectivity index (χ0n) is 15.9. The maximum atomic E-state index is 11.2. The number of nitrogens with zero attached hydrogens (tertiary/aromatic N) is 1. The molecule has 2 aromatic rings. The third-order valence-electron chi connectivity index (χ3n) is 3.86. The highest BCUT2D eigenvalue weighted by Crippen LogP contribution is 2.11. The molecule has 2 rings (SSSR count). The Labute approximate surface area is 177 Å². The van der Waals surface area contributed by atoms with Gasteiger partial charge in [-0.2, -0.15) is 0 Å². The molecule has 7 heteroatoms. The van der Waals surface area contributed by atoms with E-state index in [4.69, 9.17) is 0 Å². The second-order valence-corrected chi connectivity index (χ2v) is 5.79. The van der Waals surface area contributed by atoms with Gasteiger partial charge >= 0.3 is 6.09 Å². The SMILES string of the molecule is CCNC(=NCc1ccc(NC(=O)OC)cc1)NCc1ccccc1C.I. The number of aryl methyl sites for hydroxylation is 1. The molecule has 1 amide bonds. The maximum absolute atomic E-state index is 11.2. The van der Waals surface area contributed by atoms with E-state index in [0.717, 1.165) is 24.6 Å². The van der Waals surface area contributed by atoms with Gasteiger partial charge in [-0.3, -0.25) is 5.32 Å². The van der Waals surface area contributed by atoms with E-state index in [2.05, 4.69) is 44.7 Å². The maximum Gasteiger partial charge on any atom is 0.411 e. The zero-order valence-corrected chi connectivity index (χ0v) is 18.2. The number of rotatable bonds is 6. The van der Waals surface area contributed by atoms with Gasteiger partial charge < -0.3 is 15.4 Å². The molecule has 0 spiro atoms. The van der Waals surface area contributed by atoms with Crippen LogP contribution >= 0.6 is 24.0 Å². The number of methoxy groups -OCH3 is 1. The van der Waals surface area contributed by atoms with E-state index in [-0.39, 0.29) is 24.0 Å². The number of amides is 1. The number of hydrogen-bond acceptors (Lipinski definition) is 3. The Hall–Kier alpha value is -2.29. The van der Waals surface area contributed by atoms with E-state index in [1.807, 2.05) is 43.3 Å². The minimum Gasteiger partial charge on any atom is -0.453 e. The van der Waals surface area contributed by atoms with E-state index in [1.54, 1.807) is 0 Å². The summed E-state index contributed by atoms with van der Waals surface area (Å²) in [5.74, 6) is 0.771. The van der Waals surface area contributed by atoms with Gasteiger partial charge in [0.1, 0.15) is 0 Å². The average molecular weight is 482 g/mol. The number of carbonyl (C=O) groups excluding carboxylic acids is 1. The molecule has 6 nitrogen and oxygen atoms in total. The van der Waals surface area contributed by atoms with E-state index < -0.39 is 6.09 Å². The van der Waals surface area contributed by atoms with Crippen LogP contribution < -0.4 is 16.0 Å². The highest BCUT2D eigenvalue weighted by atomic mass is 127. The zero-order chi connectivity index (χ0) is 18.8. The molecule has 0 atom stereocenters. The Kier molecular flexibility index (Phi) is 10.2. The van der Waals surface area contributed by atoms with Crippen molar-refractivity contribution in [1.29, 1.82) is 0 Å². The molecule has 0 aliphatic rings. The van der Waals surface area contributed by atoms with Gasteiger partial charge in [-0.1, -0.05) is 36.4 Å². The van der Waals surface area contributed by atoms with Crippen molar-refractivity contribution < 1.29 is 9.53 Å². The monoisotopic (exact) mass is 482 g/mol. The third kappa shape index (κ3) is 7.86. The fraction of sp³-hybridized carbons (Fsp3) is 0.300. The molecule has 0 unspecified atom stereocenters. The van der Waals surface area contributed by atoms with Gasteiger partial charge in [0.2, 0.25) is 0 Å². The van der Waals surface area contributed by atoms with E-state index >= 15 is 0 Å². The van der Waals surface area contributed by atoms with Crippen LogP contribution in [-0.2, 0) is 17.8 Å². The summed E-state index contributed by atoms with van der Waals surface area (Å²) in [5.41, 5.74) is 4.24. The Morgan fingerprint density at radius 2 is 1.78 bits per heavy atom. The molecule has 0 aromatic heterocycles. The molecule has 0 radical (unpaired) electrons. The number of anilines is 1. The Morgan fingerprint density at radius 1 is 1.07 bits per heavy atom. The van der Waals surface area contributed by atoms with E-state index in [0.29, 0.717) is 12.2 Å². The molecular formula is C20H27IN4O2. The highest BCUT2D eigenvalue weighted by molar-refractivity contribution is 14.0. The van der Waals surface area contributed by atoms with Crippen LogP contribution in [0, 0.1) is 6.92 Å². The summed E-state index contributed by atoms with van der Waals surface area (Å²) in [4.78, 5) is 15.8. The molecule has 0 saturated heterocycles. The van der Waals surface area contributed by atoms with Gasteiger partial charge in [0.25, 0.3) is 0 Å². The van der Waals surface area contributed by atoms with Crippen LogP contribution in [-0.4, -0.2) is 25.7 Å². The molecule has 3 N–H and O–H groups in total. The predicted octanol–water partition coefficient (Wildman–Crippen LogP) is 4.05. The van der Waals surface area contributed by atoms with E-state index in [9.17, 15) is 4.79 Å². The molecule has 27 heavy (non-hydrogen) atoms. The first-order valence-electron chi connectivity index (χ1n) is 8.63. The van der Waals surface area contributed by atoms with Crippen LogP contribution in [0.1, 0.15) is 23.6 Å². The number of nitrogens with one attached hydrogen (secondary N) is 3. The summed E-state index contributed by atoms with van der Waals surface area (Å²) < 4.78 is 4.57. The normalized spacial score (nSPS) is 10.6. The van der Waals surface area contributed by atoms with Crippen LogP contribution in [0.2, 0.25) is 0 Å². The topological polar surface area (TPSA) is 74.8 Å². The number of aliphatic imine (C=N–C) groups is 1. The van der Waals surface area contributed by atoms with Gasteiger partial charge in [-0.25, -0.2) is 9.79 Å². The number of carbonyl (C=O) groups is 1. The summed E-state index contributed by atoms with van der Waals surface area (Å²) in [6, 6.07) is 15.8. The second-order valence-electron chi connectivity index (χ2n) is 5.79. The highest BCUT2D eigenvalue weighted by Gasteiger charge is 2.02. The minimum atomic E-state index is -0.481. The molecular weight excluding hydrogens is 455 g/mol. The number of ether oxygens (including phenoxy) is 1. The molecule has 0 fully saturated rings. The lowest BCUT2D eigenvalue weighted by atomic mass is 10.1. The number of guanidine groups is 1. The summed E-state index contributed by atoms with van der Waals surface area (Å²) in [5, 5.41) is 9.24. The van der Waals surface area contributed by atoms with Gasteiger partial charge in [-0.05, 0) is 42.7 Å². The fourth-order valence-electron chi connectivity index (χ4n) is 2.36.